The van der Waals surface area contributed by atoms with Crippen LogP contribution in [0.5, 0.6) is 0 Å². The monoisotopic (exact) mass is 333 g/mol. The van der Waals surface area contributed by atoms with Crippen molar-refractivity contribution < 1.29 is 18.7 Å². The summed E-state index contributed by atoms with van der Waals surface area (Å²) in [5, 5.41) is 12.8. The number of aromatic nitrogens is 1. The maximum absolute atomic E-state index is 12.9. The van der Waals surface area contributed by atoms with Gasteiger partial charge in [0, 0.05) is 17.5 Å². The normalized spacial score (nSPS) is 9.91. The second-order valence-corrected chi connectivity index (χ2v) is 5.24. The SMILES string of the molecule is N#CCCNC(=O)COC(=O)c1csc(-c2ccc(F)cc2)n1. The number of nitriles is 1. The van der Waals surface area contributed by atoms with E-state index in [-0.39, 0.29) is 24.5 Å². The zero-order valence-electron chi connectivity index (χ0n) is 11.9. The summed E-state index contributed by atoms with van der Waals surface area (Å²) in [6.07, 6.45) is 0.187. The van der Waals surface area contributed by atoms with Crippen molar-refractivity contribution in [3.63, 3.8) is 0 Å². The van der Waals surface area contributed by atoms with Crippen molar-refractivity contribution in [1.29, 1.82) is 5.26 Å². The van der Waals surface area contributed by atoms with E-state index >= 15 is 0 Å². The molecule has 1 amide bonds. The summed E-state index contributed by atoms with van der Waals surface area (Å²) in [6, 6.07) is 7.62. The molecule has 0 saturated heterocycles. The van der Waals surface area contributed by atoms with Gasteiger partial charge in [0.15, 0.2) is 12.3 Å². The molecular formula is C15H12FN3O3S. The Labute approximate surface area is 135 Å². The molecule has 0 fully saturated rings. The van der Waals surface area contributed by atoms with Gasteiger partial charge < -0.3 is 10.1 Å². The third-order valence-electron chi connectivity index (χ3n) is 2.70. The predicted molar refractivity (Wildman–Crippen MR) is 81.0 cm³/mol. The van der Waals surface area contributed by atoms with Crippen LogP contribution in [0.15, 0.2) is 29.6 Å². The number of benzene rings is 1. The number of thiazole rings is 1. The van der Waals surface area contributed by atoms with Crippen molar-refractivity contribution in [1.82, 2.24) is 10.3 Å². The molecule has 0 aliphatic carbocycles. The first-order valence-electron chi connectivity index (χ1n) is 6.62. The van der Waals surface area contributed by atoms with Crippen molar-refractivity contribution in [2.24, 2.45) is 0 Å². The van der Waals surface area contributed by atoms with Crippen molar-refractivity contribution >= 4 is 23.2 Å². The quantitative estimate of drug-likeness (QED) is 0.646. The van der Waals surface area contributed by atoms with Crippen LogP contribution in [0.4, 0.5) is 4.39 Å². The molecule has 2 aromatic rings. The van der Waals surface area contributed by atoms with Gasteiger partial charge in [0.1, 0.15) is 10.8 Å². The summed E-state index contributed by atoms with van der Waals surface area (Å²) >= 11 is 1.22. The van der Waals surface area contributed by atoms with Crippen LogP contribution < -0.4 is 5.32 Å². The minimum absolute atomic E-state index is 0.0825. The van der Waals surface area contributed by atoms with E-state index in [4.69, 9.17) is 10.00 Å². The number of amides is 1. The van der Waals surface area contributed by atoms with Crippen LogP contribution in [-0.2, 0) is 9.53 Å². The molecule has 0 atom stereocenters. The second-order valence-electron chi connectivity index (χ2n) is 4.38. The highest BCUT2D eigenvalue weighted by molar-refractivity contribution is 7.13. The third kappa shape index (κ3) is 4.86. The fraction of sp³-hybridized carbons (Fsp3) is 0.200. The lowest BCUT2D eigenvalue weighted by atomic mass is 10.2. The molecular weight excluding hydrogens is 321 g/mol. The highest BCUT2D eigenvalue weighted by atomic mass is 32.1. The summed E-state index contributed by atoms with van der Waals surface area (Å²) in [5.41, 5.74) is 0.767. The van der Waals surface area contributed by atoms with Crippen LogP contribution in [0.25, 0.3) is 10.6 Å². The van der Waals surface area contributed by atoms with Crippen LogP contribution in [0.3, 0.4) is 0 Å². The largest absolute Gasteiger partial charge is 0.451 e. The first-order chi connectivity index (χ1) is 11.1. The number of hydrogen-bond donors (Lipinski definition) is 1. The van der Waals surface area contributed by atoms with Crippen LogP contribution >= 0.6 is 11.3 Å². The Morgan fingerprint density at radius 3 is 2.78 bits per heavy atom. The molecule has 0 aliphatic rings. The van der Waals surface area contributed by atoms with Crippen LogP contribution in [0.2, 0.25) is 0 Å². The number of halogens is 1. The van der Waals surface area contributed by atoms with Crippen LogP contribution in [0.1, 0.15) is 16.9 Å². The number of ether oxygens (including phenoxy) is 1. The molecule has 6 nitrogen and oxygen atoms in total. The first kappa shape index (κ1) is 16.6. The highest BCUT2D eigenvalue weighted by Crippen LogP contribution is 2.24. The average Bonchev–Trinajstić information content (AvgIpc) is 3.03. The second kappa shape index (κ2) is 8.00. The maximum Gasteiger partial charge on any atom is 0.358 e. The molecule has 0 spiro atoms. The Balaban J connectivity index is 1.90. The molecule has 0 radical (unpaired) electrons. The van der Waals surface area contributed by atoms with E-state index in [9.17, 15) is 14.0 Å². The summed E-state index contributed by atoms with van der Waals surface area (Å²) in [6.45, 7) is -0.230. The molecule has 1 aromatic carbocycles. The molecule has 1 heterocycles. The zero-order chi connectivity index (χ0) is 16.7. The molecule has 118 valence electrons. The molecule has 8 heteroatoms. The van der Waals surface area contributed by atoms with Gasteiger partial charge in [-0.25, -0.2) is 14.2 Å². The van der Waals surface area contributed by atoms with Gasteiger partial charge in [-0.1, -0.05) is 0 Å². The number of carbonyl (C=O) groups is 2. The summed E-state index contributed by atoms with van der Waals surface area (Å²) < 4.78 is 17.7. The van der Waals surface area contributed by atoms with Gasteiger partial charge in [-0.05, 0) is 24.3 Å². The zero-order valence-corrected chi connectivity index (χ0v) is 12.7. The van der Waals surface area contributed by atoms with E-state index in [0.29, 0.717) is 10.6 Å². The lowest BCUT2D eigenvalue weighted by Gasteiger charge is -2.03. The van der Waals surface area contributed by atoms with Crippen molar-refractivity contribution in [3.05, 3.63) is 41.2 Å². The van der Waals surface area contributed by atoms with E-state index in [0.717, 1.165) is 0 Å². The van der Waals surface area contributed by atoms with Gasteiger partial charge >= 0.3 is 5.97 Å². The van der Waals surface area contributed by atoms with Crippen LogP contribution in [-0.4, -0.2) is 30.0 Å². The van der Waals surface area contributed by atoms with Gasteiger partial charge in [0.2, 0.25) is 0 Å². The van der Waals surface area contributed by atoms with E-state index in [1.54, 1.807) is 12.1 Å². The van der Waals surface area contributed by atoms with Gasteiger partial charge in [-0.3, -0.25) is 4.79 Å². The summed E-state index contributed by atoms with van der Waals surface area (Å²) in [7, 11) is 0. The number of carbonyl (C=O) groups excluding carboxylic acids is 2. The number of rotatable bonds is 6. The van der Waals surface area contributed by atoms with Crippen LogP contribution in [0, 0.1) is 17.1 Å². The molecule has 2 rings (SSSR count). The predicted octanol–water partition coefficient (Wildman–Crippen LogP) is 2.14. The van der Waals surface area contributed by atoms with Crippen molar-refractivity contribution in [3.8, 4) is 16.6 Å². The lowest BCUT2D eigenvalue weighted by molar-refractivity contribution is -0.124. The van der Waals surface area contributed by atoms with Gasteiger partial charge in [0.25, 0.3) is 5.91 Å². The van der Waals surface area contributed by atoms with E-state index < -0.39 is 18.5 Å². The Hall–Kier alpha value is -2.79. The Kier molecular flexibility index (Phi) is 5.77. The summed E-state index contributed by atoms with van der Waals surface area (Å²) in [5.74, 6) is -1.56. The van der Waals surface area contributed by atoms with Gasteiger partial charge in [0.05, 0.1) is 12.5 Å². The van der Waals surface area contributed by atoms with E-state index in [1.165, 1.54) is 28.8 Å². The van der Waals surface area contributed by atoms with Gasteiger partial charge in [-0.15, -0.1) is 11.3 Å². The molecule has 0 bridgehead atoms. The van der Waals surface area contributed by atoms with Crippen molar-refractivity contribution in [2.75, 3.05) is 13.2 Å². The number of nitrogens with one attached hydrogen (secondary N) is 1. The molecule has 1 N–H and O–H groups in total. The Bertz CT molecular complexity index is 737. The Morgan fingerprint density at radius 1 is 1.35 bits per heavy atom. The topological polar surface area (TPSA) is 92.1 Å². The molecule has 1 aromatic heterocycles. The summed E-state index contributed by atoms with van der Waals surface area (Å²) in [4.78, 5) is 27.3. The average molecular weight is 333 g/mol. The molecule has 0 unspecified atom stereocenters. The molecule has 0 aliphatic heterocycles. The third-order valence-corrected chi connectivity index (χ3v) is 3.59. The molecule has 0 saturated carbocycles. The number of hydrogen-bond acceptors (Lipinski definition) is 6. The highest BCUT2D eigenvalue weighted by Gasteiger charge is 2.14. The minimum Gasteiger partial charge on any atom is -0.451 e. The molecule has 23 heavy (non-hydrogen) atoms. The van der Waals surface area contributed by atoms with Crippen molar-refractivity contribution in [2.45, 2.75) is 6.42 Å². The lowest BCUT2D eigenvalue weighted by Crippen LogP contribution is -2.29. The number of nitrogens with zero attached hydrogens (tertiary/aromatic N) is 2. The van der Waals surface area contributed by atoms with E-state index in [2.05, 4.69) is 10.3 Å². The van der Waals surface area contributed by atoms with Gasteiger partial charge in [-0.2, -0.15) is 5.26 Å². The first-order valence-corrected chi connectivity index (χ1v) is 7.50. The standard InChI is InChI=1S/C15H12FN3O3S/c16-11-4-2-10(3-5-11)14-19-12(9-23-14)15(21)22-8-13(20)18-7-1-6-17/h2-5,9H,1,7-8H2,(H,18,20). The van der Waals surface area contributed by atoms with E-state index in [1.807, 2.05) is 6.07 Å². The maximum atomic E-state index is 12.9. The number of esters is 1. The fourth-order valence-corrected chi connectivity index (χ4v) is 2.40. The fourth-order valence-electron chi connectivity index (χ4n) is 1.61. The Morgan fingerprint density at radius 2 is 2.09 bits per heavy atom. The minimum atomic E-state index is -0.718. The smallest absolute Gasteiger partial charge is 0.358 e.